The van der Waals surface area contributed by atoms with E-state index in [2.05, 4.69) is 4.98 Å². The van der Waals surface area contributed by atoms with Gasteiger partial charge in [-0.05, 0) is 12.5 Å². The molecule has 1 unspecified atom stereocenters. The predicted octanol–water partition coefficient (Wildman–Crippen LogP) is 0.466. The van der Waals surface area contributed by atoms with Crippen LogP contribution in [0.25, 0.3) is 0 Å². The van der Waals surface area contributed by atoms with Crippen molar-refractivity contribution in [2.75, 3.05) is 6.26 Å². The molecule has 1 heterocycles. The van der Waals surface area contributed by atoms with Gasteiger partial charge in [-0.1, -0.05) is 0 Å². The van der Waals surface area contributed by atoms with Crippen LogP contribution in [0.15, 0.2) is 6.20 Å². The lowest BCUT2D eigenvalue weighted by molar-refractivity contribution is 0.274. The molecule has 14 heavy (non-hydrogen) atoms. The van der Waals surface area contributed by atoms with Crippen molar-refractivity contribution in [2.45, 2.75) is 19.3 Å². The fourth-order valence-electron chi connectivity index (χ4n) is 1.20. The maximum absolute atomic E-state index is 11.0. The van der Waals surface area contributed by atoms with E-state index in [9.17, 15) is 9.32 Å². The van der Waals surface area contributed by atoms with Gasteiger partial charge in [0.05, 0.1) is 18.1 Å². The Labute approximate surface area is 85.1 Å². The highest BCUT2D eigenvalue weighted by Gasteiger charge is 2.11. The second kappa shape index (κ2) is 4.52. The zero-order chi connectivity index (χ0) is 10.7. The van der Waals surface area contributed by atoms with Crippen LogP contribution in [-0.4, -0.2) is 25.7 Å². The zero-order valence-electron chi connectivity index (χ0n) is 8.15. The second-order valence-electron chi connectivity index (χ2n) is 3.07. The molecule has 78 valence electrons. The Bertz CT molecular complexity index is 365. The van der Waals surface area contributed by atoms with Gasteiger partial charge < -0.3 is 10.2 Å². The van der Waals surface area contributed by atoms with E-state index in [-0.39, 0.29) is 12.4 Å². The minimum absolute atomic E-state index is 0.00421. The van der Waals surface area contributed by atoms with Gasteiger partial charge in [0, 0.05) is 28.8 Å². The van der Waals surface area contributed by atoms with E-state index in [4.69, 9.17) is 5.11 Å². The number of aryl methyl sites for hydroxylation is 1. The summed E-state index contributed by atoms with van der Waals surface area (Å²) in [6.45, 7) is 1.39. The monoisotopic (exact) mass is 215 g/mol. The largest absolute Gasteiger partial charge is 0.506 e. The third-order valence-corrected chi connectivity index (χ3v) is 2.66. The van der Waals surface area contributed by atoms with E-state index >= 15 is 0 Å². The molecule has 0 fully saturated rings. The van der Waals surface area contributed by atoms with E-state index in [1.165, 1.54) is 0 Å². The van der Waals surface area contributed by atoms with Crippen LogP contribution < -0.4 is 0 Å². The van der Waals surface area contributed by atoms with Gasteiger partial charge in [-0.15, -0.1) is 0 Å². The van der Waals surface area contributed by atoms with E-state index in [0.29, 0.717) is 22.6 Å². The molecule has 0 radical (unpaired) electrons. The zero-order valence-corrected chi connectivity index (χ0v) is 8.97. The summed E-state index contributed by atoms with van der Waals surface area (Å²) in [5.74, 6) is 0.298. The fourth-order valence-corrected chi connectivity index (χ4v) is 1.89. The third-order valence-electron chi connectivity index (χ3n) is 1.95. The third kappa shape index (κ3) is 2.30. The standard InChI is InChI=1S/C9H13NO3S/c1-6-9(12)8(4-11)7(3-10-6)5-14(2)13/h3,11-12H,4-5H2,1-2H3. The van der Waals surface area contributed by atoms with Crippen molar-refractivity contribution in [3.63, 3.8) is 0 Å². The Morgan fingerprint density at radius 1 is 1.57 bits per heavy atom. The first-order valence-electron chi connectivity index (χ1n) is 4.13. The van der Waals surface area contributed by atoms with Gasteiger partial charge in [0.1, 0.15) is 5.75 Å². The van der Waals surface area contributed by atoms with Crippen LogP contribution in [-0.2, 0) is 23.2 Å². The van der Waals surface area contributed by atoms with Gasteiger partial charge in [0.15, 0.2) is 0 Å². The Hall–Kier alpha value is -0.940. The predicted molar refractivity (Wildman–Crippen MR) is 54.3 cm³/mol. The summed E-state index contributed by atoms with van der Waals surface area (Å²) in [6, 6.07) is 0. The van der Waals surface area contributed by atoms with Gasteiger partial charge >= 0.3 is 0 Å². The van der Waals surface area contributed by atoms with Crippen LogP contribution in [0.1, 0.15) is 16.8 Å². The first-order valence-corrected chi connectivity index (χ1v) is 5.86. The number of hydrogen-bond donors (Lipinski definition) is 2. The van der Waals surface area contributed by atoms with Crippen LogP contribution in [0, 0.1) is 6.92 Å². The van der Waals surface area contributed by atoms with Crippen molar-refractivity contribution in [2.24, 2.45) is 0 Å². The van der Waals surface area contributed by atoms with Crippen LogP contribution >= 0.6 is 0 Å². The van der Waals surface area contributed by atoms with Crippen molar-refractivity contribution >= 4 is 10.8 Å². The molecule has 0 saturated heterocycles. The number of nitrogens with zero attached hydrogens (tertiary/aromatic N) is 1. The summed E-state index contributed by atoms with van der Waals surface area (Å²) < 4.78 is 11.0. The molecule has 1 atom stereocenters. The minimum Gasteiger partial charge on any atom is -0.506 e. The van der Waals surface area contributed by atoms with Crippen LogP contribution in [0.3, 0.4) is 0 Å². The number of aromatic nitrogens is 1. The van der Waals surface area contributed by atoms with Gasteiger partial charge in [-0.25, -0.2) is 0 Å². The Kier molecular flexibility index (Phi) is 3.60. The molecule has 1 aromatic rings. The van der Waals surface area contributed by atoms with Crippen molar-refractivity contribution in [3.8, 4) is 5.75 Å². The van der Waals surface area contributed by atoms with Gasteiger partial charge in [-0.3, -0.25) is 9.19 Å². The molecule has 0 spiro atoms. The van der Waals surface area contributed by atoms with Gasteiger partial charge in [0.25, 0.3) is 0 Å². The summed E-state index contributed by atoms with van der Waals surface area (Å²) in [5.41, 5.74) is 1.53. The van der Waals surface area contributed by atoms with E-state index < -0.39 is 10.8 Å². The number of aromatic hydroxyl groups is 1. The number of rotatable bonds is 3. The molecule has 0 bridgehead atoms. The first kappa shape index (κ1) is 11.1. The molecular weight excluding hydrogens is 202 g/mol. The summed E-state index contributed by atoms with van der Waals surface area (Å²) in [6.07, 6.45) is 3.11. The molecule has 0 aromatic carbocycles. The smallest absolute Gasteiger partial charge is 0.142 e. The average Bonchev–Trinajstić information content (AvgIpc) is 2.11. The maximum atomic E-state index is 11.0. The lowest BCUT2D eigenvalue weighted by Gasteiger charge is -2.09. The van der Waals surface area contributed by atoms with Crippen molar-refractivity contribution in [3.05, 3.63) is 23.0 Å². The fraction of sp³-hybridized carbons (Fsp3) is 0.444. The maximum Gasteiger partial charge on any atom is 0.142 e. The quantitative estimate of drug-likeness (QED) is 0.768. The molecule has 0 saturated carbocycles. The molecule has 0 aliphatic heterocycles. The number of hydrogen-bond acceptors (Lipinski definition) is 4. The summed E-state index contributed by atoms with van der Waals surface area (Å²) >= 11 is 0. The molecule has 4 nitrogen and oxygen atoms in total. The lowest BCUT2D eigenvalue weighted by Crippen LogP contribution is -2.01. The minimum atomic E-state index is -1.01. The van der Waals surface area contributed by atoms with Crippen LogP contribution in [0.5, 0.6) is 5.75 Å². The second-order valence-corrected chi connectivity index (χ2v) is 4.51. The summed E-state index contributed by atoms with van der Waals surface area (Å²) in [4.78, 5) is 3.94. The molecule has 0 aliphatic rings. The average molecular weight is 215 g/mol. The van der Waals surface area contributed by atoms with Crippen molar-refractivity contribution < 1.29 is 14.4 Å². The SMILES string of the molecule is Cc1ncc(CS(C)=O)c(CO)c1O. The van der Waals surface area contributed by atoms with Crippen LogP contribution in [0.2, 0.25) is 0 Å². The Morgan fingerprint density at radius 3 is 2.71 bits per heavy atom. The molecule has 0 amide bonds. The van der Waals surface area contributed by atoms with E-state index in [1.54, 1.807) is 19.4 Å². The highest BCUT2D eigenvalue weighted by atomic mass is 32.2. The Balaban J connectivity index is 3.17. The van der Waals surface area contributed by atoms with Gasteiger partial charge in [-0.2, -0.15) is 0 Å². The molecule has 5 heteroatoms. The molecular formula is C9H13NO3S. The van der Waals surface area contributed by atoms with Gasteiger partial charge in [0.2, 0.25) is 0 Å². The molecule has 1 rings (SSSR count). The van der Waals surface area contributed by atoms with Crippen molar-refractivity contribution in [1.82, 2.24) is 4.98 Å². The Morgan fingerprint density at radius 2 is 2.21 bits per heavy atom. The van der Waals surface area contributed by atoms with Crippen LogP contribution in [0.4, 0.5) is 0 Å². The first-order chi connectivity index (χ1) is 6.56. The highest BCUT2D eigenvalue weighted by Crippen LogP contribution is 2.24. The number of aliphatic hydroxyl groups excluding tert-OH is 1. The normalized spacial score (nSPS) is 12.8. The van der Waals surface area contributed by atoms with E-state index in [1.807, 2.05) is 0 Å². The molecule has 0 aliphatic carbocycles. The van der Waals surface area contributed by atoms with E-state index in [0.717, 1.165) is 0 Å². The highest BCUT2D eigenvalue weighted by molar-refractivity contribution is 7.83. The topological polar surface area (TPSA) is 70.4 Å². The van der Waals surface area contributed by atoms with Crippen molar-refractivity contribution in [1.29, 1.82) is 0 Å². The number of pyridine rings is 1. The summed E-state index contributed by atoms with van der Waals surface area (Å²) in [7, 11) is -1.01. The number of aliphatic hydroxyl groups is 1. The lowest BCUT2D eigenvalue weighted by atomic mass is 10.1. The molecule has 1 aromatic heterocycles. The summed E-state index contributed by atoms with van der Waals surface area (Å²) in [5, 5.41) is 18.6. The molecule has 2 N–H and O–H groups in total.